The van der Waals surface area contributed by atoms with Gasteiger partial charge in [-0.3, -0.25) is 0 Å². The van der Waals surface area contributed by atoms with Crippen LogP contribution in [0.2, 0.25) is 0 Å². The highest BCUT2D eigenvalue weighted by molar-refractivity contribution is 5.31. The summed E-state index contributed by atoms with van der Waals surface area (Å²) in [6.07, 6.45) is -8.10. The van der Waals surface area contributed by atoms with E-state index in [2.05, 4.69) is 0 Å². The van der Waals surface area contributed by atoms with E-state index in [-0.39, 0.29) is 32.5 Å². The Bertz CT molecular complexity index is 537. The van der Waals surface area contributed by atoms with Crippen LogP contribution in [-0.4, -0.2) is 53.0 Å². The van der Waals surface area contributed by atoms with Crippen LogP contribution in [0, 0.1) is 0 Å². The predicted octanol–water partition coefficient (Wildman–Crippen LogP) is 2.34. The molecular formula is C17H23F3O5. The Morgan fingerprint density at radius 3 is 2.64 bits per heavy atom. The monoisotopic (exact) mass is 364 g/mol. The lowest BCUT2D eigenvalue weighted by Gasteiger charge is -2.36. The fourth-order valence-electron chi connectivity index (χ4n) is 2.75. The van der Waals surface area contributed by atoms with Gasteiger partial charge in [-0.25, -0.2) is 0 Å². The summed E-state index contributed by atoms with van der Waals surface area (Å²) in [6.45, 7) is -0.120. The van der Waals surface area contributed by atoms with Crippen LogP contribution in [0.3, 0.4) is 0 Å². The van der Waals surface area contributed by atoms with Crippen molar-refractivity contribution in [2.45, 2.75) is 56.3 Å². The van der Waals surface area contributed by atoms with Crippen molar-refractivity contribution in [1.82, 2.24) is 0 Å². The molecule has 0 aromatic heterocycles. The van der Waals surface area contributed by atoms with Crippen LogP contribution in [-0.2, 0) is 4.74 Å². The van der Waals surface area contributed by atoms with Gasteiger partial charge in [0.1, 0.15) is 18.0 Å². The molecule has 1 aromatic rings. The molecule has 0 aliphatic carbocycles. The molecule has 8 heteroatoms. The van der Waals surface area contributed by atoms with E-state index in [0.29, 0.717) is 11.3 Å². The highest BCUT2D eigenvalue weighted by atomic mass is 19.4. The van der Waals surface area contributed by atoms with Crippen molar-refractivity contribution in [3.8, 4) is 5.75 Å². The van der Waals surface area contributed by atoms with E-state index >= 15 is 0 Å². The van der Waals surface area contributed by atoms with Gasteiger partial charge >= 0.3 is 6.18 Å². The minimum atomic E-state index is -4.15. The van der Waals surface area contributed by atoms with Crippen molar-refractivity contribution in [3.63, 3.8) is 0 Å². The maximum atomic E-state index is 12.1. The third-order valence-electron chi connectivity index (χ3n) is 4.06. The summed E-state index contributed by atoms with van der Waals surface area (Å²) in [5.41, 5.74) is 0.567. The zero-order valence-electron chi connectivity index (χ0n) is 13.7. The first-order valence-corrected chi connectivity index (χ1v) is 8.22. The van der Waals surface area contributed by atoms with Gasteiger partial charge in [0.05, 0.1) is 25.4 Å². The smallest absolute Gasteiger partial charge is 0.389 e. The first-order chi connectivity index (χ1) is 11.8. The number of alkyl halides is 3. The molecule has 4 unspecified atom stereocenters. The lowest BCUT2D eigenvalue weighted by atomic mass is 9.93. The Morgan fingerprint density at radius 2 is 1.96 bits per heavy atom. The summed E-state index contributed by atoms with van der Waals surface area (Å²) < 4.78 is 47.3. The Hall–Kier alpha value is -1.35. The molecule has 3 N–H and O–H groups in total. The molecule has 4 atom stereocenters. The fraction of sp³-hybridized carbons (Fsp3) is 0.647. The Morgan fingerprint density at radius 1 is 1.20 bits per heavy atom. The lowest BCUT2D eigenvalue weighted by Crippen LogP contribution is -2.44. The van der Waals surface area contributed by atoms with Crippen molar-refractivity contribution in [1.29, 1.82) is 0 Å². The molecule has 0 radical (unpaired) electrons. The normalized spacial score (nSPS) is 27.3. The molecule has 0 amide bonds. The highest BCUT2D eigenvalue weighted by Gasteiger charge is 2.37. The van der Waals surface area contributed by atoms with Gasteiger partial charge in [0.25, 0.3) is 0 Å². The molecule has 0 bridgehead atoms. The van der Waals surface area contributed by atoms with Crippen molar-refractivity contribution >= 4 is 0 Å². The first-order valence-electron chi connectivity index (χ1n) is 8.22. The minimum Gasteiger partial charge on any atom is -0.494 e. The van der Waals surface area contributed by atoms with Crippen molar-refractivity contribution in [2.24, 2.45) is 0 Å². The number of aliphatic hydroxyl groups excluding tert-OH is 3. The number of rotatable bonds is 7. The summed E-state index contributed by atoms with van der Waals surface area (Å²) in [5, 5.41) is 29.2. The predicted molar refractivity (Wildman–Crippen MR) is 83.2 cm³/mol. The average molecular weight is 364 g/mol. The van der Waals surface area contributed by atoms with Crippen LogP contribution >= 0.6 is 0 Å². The summed E-state index contributed by atoms with van der Waals surface area (Å²) in [6, 6.07) is 6.63. The minimum absolute atomic E-state index is 0.00197. The third-order valence-corrected chi connectivity index (χ3v) is 4.06. The van der Waals surface area contributed by atoms with E-state index in [4.69, 9.17) is 9.47 Å². The largest absolute Gasteiger partial charge is 0.494 e. The molecule has 25 heavy (non-hydrogen) atoms. The molecular weight excluding hydrogens is 341 g/mol. The van der Waals surface area contributed by atoms with E-state index in [9.17, 15) is 28.5 Å². The standard InChI is InChI=1S/C17H23F3O5/c18-17(19,20)6-1-2-7-24-12-5-3-4-11(8-12)16-15(23)14(22)9-13(10-21)25-16/h3-5,8,13-16,21-23H,1-2,6-7,9-10H2. The number of benzene rings is 1. The summed E-state index contributed by atoms with van der Waals surface area (Å²) in [4.78, 5) is 0. The molecule has 1 saturated heterocycles. The SMILES string of the molecule is OCC1CC(O)C(O)C(c2cccc(OCCCCC(F)(F)F)c2)O1. The number of unbranched alkanes of at least 4 members (excludes halogenated alkanes) is 1. The fourth-order valence-corrected chi connectivity index (χ4v) is 2.75. The van der Waals surface area contributed by atoms with E-state index in [1.54, 1.807) is 24.3 Å². The molecule has 142 valence electrons. The van der Waals surface area contributed by atoms with Crippen molar-refractivity contribution < 1.29 is 38.0 Å². The molecule has 1 aliphatic rings. The summed E-state index contributed by atoms with van der Waals surface area (Å²) in [5.74, 6) is 0.445. The maximum absolute atomic E-state index is 12.1. The van der Waals surface area contributed by atoms with E-state index in [0.717, 1.165) is 0 Å². The second-order valence-corrected chi connectivity index (χ2v) is 6.15. The zero-order valence-corrected chi connectivity index (χ0v) is 13.7. The van der Waals surface area contributed by atoms with Crippen LogP contribution in [0.5, 0.6) is 5.75 Å². The van der Waals surface area contributed by atoms with Crippen LogP contribution in [0.25, 0.3) is 0 Å². The zero-order chi connectivity index (χ0) is 18.4. The Labute approximate surface area is 144 Å². The van der Waals surface area contributed by atoms with Gasteiger partial charge in [-0.05, 0) is 30.5 Å². The number of hydrogen-bond acceptors (Lipinski definition) is 5. The van der Waals surface area contributed by atoms with Gasteiger partial charge in [-0.15, -0.1) is 0 Å². The summed E-state index contributed by atoms with van der Waals surface area (Å²) >= 11 is 0. The Balaban J connectivity index is 1.91. The second-order valence-electron chi connectivity index (χ2n) is 6.15. The number of hydrogen-bond donors (Lipinski definition) is 3. The highest BCUT2D eigenvalue weighted by Crippen LogP contribution is 2.33. The summed E-state index contributed by atoms with van der Waals surface area (Å²) in [7, 11) is 0. The Kier molecular flexibility index (Phi) is 7.06. The lowest BCUT2D eigenvalue weighted by molar-refractivity contribution is -0.179. The van der Waals surface area contributed by atoms with Crippen LogP contribution in [0.15, 0.2) is 24.3 Å². The van der Waals surface area contributed by atoms with E-state index in [1.165, 1.54) is 0 Å². The number of aliphatic hydroxyl groups is 3. The van der Waals surface area contributed by atoms with E-state index in [1.807, 2.05) is 0 Å². The van der Waals surface area contributed by atoms with Gasteiger partial charge < -0.3 is 24.8 Å². The van der Waals surface area contributed by atoms with Gasteiger partial charge in [0.15, 0.2) is 0 Å². The van der Waals surface area contributed by atoms with Gasteiger partial charge in [-0.2, -0.15) is 13.2 Å². The van der Waals surface area contributed by atoms with Crippen LogP contribution in [0.4, 0.5) is 13.2 Å². The quantitative estimate of drug-likeness (QED) is 0.648. The number of halogens is 3. The molecule has 5 nitrogen and oxygen atoms in total. The topological polar surface area (TPSA) is 79.2 Å². The molecule has 2 rings (SSSR count). The first kappa shape index (κ1) is 20.0. The van der Waals surface area contributed by atoms with Gasteiger partial charge in [0.2, 0.25) is 0 Å². The molecule has 1 fully saturated rings. The van der Waals surface area contributed by atoms with Gasteiger partial charge in [0, 0.05) is 12.8 Å². The third kappa shape index (κ3) is 6.14. The van der Waals surface area contributed by atoms with Crippen molar-refractivity contribution in [2.75, 3.05) is 13.2 Å². The molecule has 0 saturated carbocycles. The van der Waals surface area contributed by atoms with Crippen LogP contribution < -0.4 is 4.74 Å². The molecule has 0 spiro atoms. The maximum Gasteiger partial charge on any atom is 0.389 e. The molecule has 1 aliphatic heterocycles. The average Bonchev–Trinajstić information content (AvgIpc) is 2.56. The molecule has 1 aromatic carbocycles. The van der Waals surface area contributed by atoms with E-state index < -0.39 is 37.0 Å². The van der Waals surface area contributed by atoms with Crippen LogP contribution in [0.1, 0.15) is 37.4 Å². The second kappa shape index (κ2) is 8.84. The number of ether oxygens (including phenoxy) is 2. The van der Waals surface area contributed by atoms with Crippen molar-refractivity contribution in [3.05, 3.63) is 29.8 Å². The molecule has 1 heterocycles. The van der Waals surface area contributed by atoms with Gasteiger partial charge in [-0.1, -0.05) is 12.1 Å².